The zero-order valence-corrected chi connectivity index (χ0v) is 12.5. The molecular formula is C15H14N8. The van der Waals surface area contributed by atoms with Gasteiger partial charge in [-0.3, -0.25) is 8.80 Å². The normalized spacial score (nSPS) is 15.4. The predicted molar refractivity (Wildman–Crippen MR) is 83.5 cm³/mol. The average molecular weight is 306 g/mol. The van der Waals surface area contributed by atoms with Gasteiger partial charge in [0.05, 0.1) is 5.92 Å². The number of hydrogen-bond donors (Lipinski definition) is 0. The molecule has 5 heterocycles. The van der Waals surface area contributed by atoms with E-state index in [1.54, 1.807) is 6.20 Å². The molecular weight excluding hydrogens is 292 g/mol. The highest BCUT2D eigenvalue weighted by atomic mass is 15.3. The second-order valence-corrected chi connectivity index (χ2v) is 5.78. The molecule has 114 valence electrons. The average Bonchev–Trinajstić information content (AvgIpc) is 3.12. The minimum absolute atomic E-state index is 0.346. The van der Waals surface area contributed by atoms with E-state index in [4.69, 9.17) is 0 Å². The van der Waals surface area contributed by atoms with Gasteiger partial charge in [0, 0.05) is 31.7 Å². The summed E-state index contributed by atoms with van der Waals surface area (Å²) in [6.45, 7) is 3.65. The summed E-state index contributed by atoms with van der Waals surface area (Å²) < 4.78 is 4.01. The first-order valence-corrected chi connectivity index (χ1v) is 7.52. The Morgan fingerprint density at radius 2 is 1.91 bits per heavy atom. The molecule has 5 rings (SSSR count). The molecule has 0 aromatic carbocycles. The number of anilines is 1. The quantitative estimate of drug-likeness (QED) is 0.551. The molecule has 0 N–H and O–H groups in total. The standard InChI is InChI=1S/C15H14N8/c1-10-17-20-15-14(16-5-7-22(10)15)21-8-11(9-21)13-19-18-12-4-2-3-6-23(12)13/h2-7,11H,8-9H2,1H3. The van der Waals surface area contributed by atoms with Crippen molar-refractivity contribution in [1.82, 2.24) is 34.2 Å². The SMILES string of the molecule is Cc1nnc2c(N3CC(c4nnc5ccccn45)C3)nccn12. The Morgan fingerprint density at radius 1 is 1.00 bits per heavy atom. The Kier molecular flexibility index (Phi) is 2.44. The fourth-order valence-electron chi connectivity index (χ4n) is 3.10. The van der Waals surface area contributed by atoms with Crippen molar-refractivity contribution in [1.29, 1.82) is 0 Å². The highest BCUT2D eigenvalue weighted by molar-refractivity contribution is 5.65. The molecule has 4 aromatic rings. The van der Waals surface area contributed by atoms with Gasteiger partial charge in [-0.1, -0.05) is 6.07 Å². The minimum atomic E-state index is 0.346. The zero-order valence-electron chi connectivity index (χ0n) is 12.5. The molecule has 0 atom stereocenters. The molecule has 0 saturated carbocycles. The Labute approximate surface area is 131 Å². The summed E-state index contributed by atoms with van der Waals surface area (Å²) >= 11 is 0. The molecule has 0 unspecified atom stereocenters. The molecule has 0 aliphatic carbocycles. The fraction of sp³-hybridized carbons (Fsp3) is 0.267. The molecule has 1 aliphatic rings. The lowest BCUT2D eigenvalue weighted by Crippen LogP contribution is -2.46. The fourth-order valence-corrected chi connectivity index (χ4v) is 3.10. The van der Waals surface area contributed by atoms with Crippen molar-refractivity contribution in [3.63, 3.8) is 0 Å². The number of aromatic nitrogens is 7. The maximum atomic E-state index is 4.48. The number of nitrogens with zero attached hydrogens (tertiary/aromatic N) is 8. The van der Waals surface area contributed by atoms with Gasteiger partial charge in [-0.25, -0.2) is 4.98 Å². The maximum absolute atomic E-state index is 4.48. The van der Waals surface area contributed by atoms with E-state index < -0.39 is 0 Å². The summed E-state index contributed by atoms with van der Waals surface area (Å²) in [5.41, 5.74) is 1.68. The smallest absolute Gasteiger partial charge is 0.203 e. The van der Waals surface area contributed by atoms with Crippen molar-refractivity contribution in [2.75, 3.05) is 18.0 Å². The van der Waals surface area contributed by atoms with E-state index in [1.807, 2.05) is 41.9 Å². The lowest BCUT2D eigenvalue weighted by Gasteiger charge is -2.38. The number of fused-ring (bicyclic) bond motifs is 2. The monoisotopic (exact) mass is 306 g/mol. The topological polar surface area (TPSA) is 76.5 Å². The summed E-state index contributed by atoms with van der Waals surface area (Å²) in [6, 6.07) is 5.94. The third kappa shape index (κ3) is 1.74. The molecule has 0 bridgehead atoms. The number of rotatable bonds is 2. The van der Waals surface area contributed by atoms with Crippen LogP contribution >= 0.6 is 0 Å². The van der Waals surface area contributed by atoms with Crippen LogP contribution in [0.3, 0.4) is 0 Å². The lowest BCUT2D eigenvalue weighted by molar-refractivity contribution is 0.493. The highest BCUT2D eigenvalue weighted by Crippen LogP contribution is 2.31. The van der Waals surface area contributed by atoms with Gasteiger partial charge in [-0.2, -0.15) is 0 Å². The summed E-state index contributed by atoms with van der Waals surface area (Å²) in [7, 11) is 0. The lowest BCUT2D eigenvalue weighted by atomic mass is 9.99. The Bertz CT molecular complexity index is 1010. The molecule has 0 radical (unpaired) electrons. The minimum Gasteiger partial charge on any atom is -0.352 e. The summed E-state index contributed by atoms with van der Waals surface area (Å²) in [6.07, 6.45) is 5.68. The van der Waals surface area contributed by atoms with Crippen molar-refractivity contribution < 1.29 is 0 Å². The predicted octanol–water partition coefficient (Wildman–Crippen LogP) is 1.08. The van der Waals surface area contributed by atoms with E-state index in [0.717, 1.165) is 41.9 Å². The number of pyridine rings is 1. The second-order valence-electron chi connectivity index (χ2n) is 5.78. The van der Waals surface area contributed by atoms with Crippen molar-refractivity contribution >= 4 is 17.1 Å². The van der Waals surface area contributed by atoms with Gasteiger partial charge in [-0.15, -0.1) is 20.4 Å². The van der Waals surface area contributed by atoms with Gasteiger partial charge >= 0.3 is 0 Å². The van der Waals surface area contributed by atoms with Gasteiger partial charge < -0.3 is 4.90 Å². The van der Waals surface area contributed by atoms with Gasteiger partial charge in [0.1, 0.15) is 11.6 Å². The van der Waals surface area contributed by atoms with Gasteiger partial charge in [-0.05, 0) is 19.1 Å². The van der Waals surface area contributed by atoms with E-state index in [9.17, 15) is 0 Å². The van der Waals surface area contributed by atoms with Gasteiger partial charge in [0.15, 0.2) is 11.5 Å². The van der Waals surface area contributed by atoms with Crippen molar-refractivity contribution in [3.8, 4) is 0 Å². The van der Waals surface area contributed by atoms with Crippen LogP contribution in [0.5, 0.6) is 0 Å². The van der Waals surface area contributed by atoms with E-state index >= 15 is 0 Å². The van der Waals surface area contributed by atoms with Crippen LogP contribution < -0.4 is 4.90 Å². The first-order valence-electron chi connectivity index (χ1n) is 7.52. The highest BCUT2D eigenvalue weighted by Gasteiger charge is 2.34. The molecule has 4 aromatic heterocycles. The van der Waals surface area contributed by atoms with E-state index in [2.05, 4.69) is 34.7 Å². The van der Waals surface area contributed by atoms with Crippen molar-refractivity contribution in [2.24, 2.45) is 0 Å². The molecule has 8 heteroatoms. The molecule has 1 aliphatic heterocycles. The van der Waals surface area contributed by atoms with Crippen LogP contribution in [-0.4, -0.2) is 47.3 Å². The Hall–Kier alpha value is -3.03. The van der Waals surface area contributed by atoms with Crippen LogP contribution in [-0.2, 0) is 0 Å². The third-order valence-electron chi connectivity index (χ3n) is 4.37. The summed E-state index contributed by atoms with van der Waals surface area (Å²) in [5.74, 6) is 3.09. The number of aryl methyl sites for hydroxylation is 1. The van der Waals surface area contributed by atoms with E-state index in [1.165, 1.54) is 0 Å². The first kappa shape index (κ1) is 12.5. The van der Waals surface area contributed by atoms with Gasteiger partial charge in [0.2, 0.25) is 5.65 Å². The van der Waals surface area contributed by atoms with Crippen LogP contribution in [0.15, 0.2) is 36.8 Å². The Balaban J connectivity index is 1.46. The molecule has 8 nitrogen and oxygen atoms in total. The van der Waals surface area contributed by atoms with Crippen LogP contribution in [0.25, 0.3) is 11.3 Å². The molecule has 0 spiro atoms. The number of hydrogen-bond acceptors (Lipinski definition) is 6. The van der Waals surface area contributed by atoms with E-state index in [0.29, 0.717) is 5.92 Å². The van der Waals surface area contributed by atoms with Crippen molar-refractivity contribution in [2.45, 2.75) is 12.8 Å². The van der Waals surface area contributed by atoms with Crippen LogP contribution in [0.1, 0.15) is 17.6 Å². The van der Waals surface area contributed by atoms with Crippen molar-refractivity contribution in [3.05, 3.63) is 48.4 Å². The molecule has 1 fully saturated rings. The summed E-state index contributed by atoms with van der Waals surface area (Å²) in [4.78, 5) is 6.69. The molecule has 23 heavy (non-hydrogen) atoms. The van der Waals surface area contributed by atoms with E-state index in [-0.39, 0.29) is 0 Å². The van der Waals surface area contributed by atoms with Crippen LogP contribution in [0.2, 0.25) is 0 Å². The summed E-state index contributed by atoms with van der Waals surface area (Å²) in [5, 5.41) is 16.9. The molecule has 0 amide bonds. The van der Waals surface area contributed by atoms with Crippen LogP contribution in [0.4, 0.5) is 5.82 Å². The third-order valence-corrected chi connectivity index (χ3v) is 4.37. The maximum Gasteiger partial charge on any atom is 0.203 e. The second kappa shape index (κ2) is 4.48. The Morgan fingerprint density at radius 3 is 2.83 bits per heavy atom. The van der Waals surface area contributed by atoms with Crippen LogP contribution in [0, 0.1) is 6.92 Å². The zero-order chi connectivity index (χ0) is 15.4. The van der Waals surface area contributed by atoms with Gasteiger partial charge in [0.25, 0.3) is 0 Å². The molecule has 1 saturated heterocycles. The largest absolute Gasteiger partial charge is 0.352 e. The first-order chi connectivity index (χ1) is 11.3.